The molecule has 0 aliphatic rings. The van der Waals surface area contributed by atoms with Crippen molar-refractivity contribution in [3.63, 3.8) is 0 Å². The lowest BCUT2D eigenvalue weighted by Gasteiger charge is -2.09. The van der Waals surface area contributed by atoms with Crippen molar-refractivity contribution in [1.29, 1.82) is 0 Å². The molecule has 0 unspecified atom stereocenters. The SMILES string of the molecule is Nc1cc(Cl)c(Cl)cc1NCc1cccnn1. The zero-order chi connectivity index (χ0) is 12.3. The fraction of sp³-hybridized carbons (Fsp3) is 0.0909. The number of aromatic nitrogens is 2. The second-order valence-electron chi connectivity index (χ2n) is 3.42. The van der Waals surface area contributed by atoms with E-state index in [4.69, 9.17) is 28.9 Å². The molecule has 1 heterocycles. The van der Waals surface area contributed by atoms with Gasteiger partial charge in [0.2, 0.25) is 0 Å². The molecule has 3 N–H and O–H groups in total. The number of rotatable bonds is 3. The highest BCUT2D eigenvalue weighted by molar-refractivity contribution is 6.42. The van der Waals surface area contributed by atoms with Crippen molar-refractivity contribution in [3.05, 3.63) is 46.2 Å². The minimum Gasteiger partial charge on any atom is -0.397 e. The highest BCUT2D eigenvalue weighted by atomic mass is 35.5. The van der Waals surface area contributed by atoms with E-state index in [1.165, 1.54) is 0 Å². The summed E-state index contributed by atoms with van der Waals surface area (Å²) in [4.78, 5) is 0. The standard InChI is InChI=1S/C11H10Cl2N4/c12-8-4-10(14)11(5-9(8)13)15-6-7-2-1-3-16-17-7/h1-5,15H,6,14H2. The van der Waals surface area contributed by atoms with Crippen LogP contribution in [-0.4, -0.2) is 10.2 Å². The Bertz CT molecular complexity index is 516. The number of hydrogen-bond acceptors (Lipinski definition) is 4. The fourth-order valence-electron chi connectivity index (χ4n) is 1.33. The van der Waals surface area contributed by atoms with E-state index in [2.05, 4.69) is 15.5 Å². The van der Waals surface area contributed by atoms with E-state index >= 15 is 0 Å². The van der Waals surface area contributed by atoms with Crippen LogP contribution in [0.4, 0.5) is 11.4 Å². The number of nitrogens with zero attached hydrogens (tertiary/aromatic N) is 2. The maximum atomic E-state index is 5.91. The molecule has 17 heavy (non-hydrogen) atoms. The summed E-state index contributed by atoms with van der Waals surface area (Å²) >= 11 is 11.8. The minimum atomic E-state index is 0.439. The summed E-state index contributed by atoms with van der Waals surface area (Å²) in [6.45, 7) is 0.524. The first-order valence-corrected chi connectivity index (χ1v) is 5.67. The largest absolute Gasteiger partial charge is 0.397 e. The molecule has 0 bridgehead atoms. The maximum Gasteiger partial charge on any atom is 0.0821 e. The molecule has 1 aromatic carbocycles. The Hall–Kier alpha value is -1.52. The van der Waals surface area contributed by atoms with Gasteiger partial charge in [0.15, 0.2) is 0 Å². The zero-order valence-corrected chi connectivity index (χ0v) is 10.3. The summed E-state index contributed by atoms with van der Waals surface area (Å²) in [6, 6.07) is 6.99. The van der Waals surface area contributed by atoms with Gasteiger partial charge in [0.25, 0.3) is 0 Å². The van der Waals surface area contributed by atoms with Gasteiger partial charge in [-0.3, -0.25) is 0 Å². The quantitative estimate of drug-likeness (QED) is 0.841. The van der Waals surface area contributed by atoms with Crippen LogP contribution >= 0.6 is 23.2 Å². The summed E-state index contributed by atoms with van der Waals surface area (Å²) in [7, 11) is 0. The molecular weight excluding hydrogens is 259 g/mol. The van der Waals surface area contributed by atoms with Gasteiger partial charge in [0, 0.05) is 6.20 Å². The van der Waals surface area contributed by atoms with Crippen LogP contribution in [0.5, 0.6) is 0 Å². The van der Waals surface area contributed by atoms with Gasteiger partial charge in [-0.25, -0.2) is 0 Å². The van der Waals surface area contributed by atoms with Gasteiger partial charge in [-0.1, -0.05) is 23.2 Å². The Balaban J connectivity index is 2.12. The topological polar surface area (TPSA) is 63.8 Å². The molecule has 0 radical (unpaired) electrons. The van der Waals surface area contributed by atoms with Crippen LogP contribution in [0.25, 0.3) is 0 Å². The molecule has 2 rings (SSSR count). The van der Waals surface area contributed by atoms with Crippen LogP contribution in [-0.2, 0) is 6.54 Å². The van der Waals surface area contributed by atoms with Crippen LogP contribution in [0.1, 0.15) is 5.69 Å². The van der Waals surface area contributed by atoms with Crippen molar-refractivity contribution in [1.82, 2.24) is 10.2 Å². The lowest BCUT2D eigenvalue weighted by Crippen LogP contribution is -2.04. The number of nitrogen functional groups attached to an aromatic ring is 1. The lowest BCUT2D eigenvalue weighted by molar-refractivity contribution is 0.925. The summed E-state index contributed by atoms with van der Waals surface area (Å²) in [5, 5.41) is 11.8. The molecule has 2 aromatic rings. The molecule has 6 heteroatoms. The van der Waals surface area contributed by atoms with E-state index in [-0.39, 0.29) is 0 Å². The first-order chi connectivity index (χ1) is 8.16. The van der Waals surface area contributed by atoms with Gasteiger partial charge >= 0.3 is 0 Å². The van der Waals surface area contributed by atoms with E-state index in [0.717, 1.165) is 11.4 Å². The third-order valence-electron chi connectivity index (χ3n) is 2.18. The number of nitrogens with one attached hydrogen (secondary N) is 1. The van der Waals surface area contributed by atoms with Crippen LogP contribution in [0.15, 0.2) is 30.5 Å². The summed E-state index contributed by atoms with van der Waals surface area (Å²) in [6.07, 6.45) is 1.62. The molecule has 0 spiro atoms. The van der Waals surface area contributed by atoms with Crippen molar-refractivity contribution in [2.45, 2.75) is 6.54 Å². The first kappa shape index (κ1) is 12.0. The van der Waals surface area contributed by atoms with Gasteiger partial charge in [0.1, 0.15) is 0 Å². The summed E-state index contributed by atoms with van der Waals surface area (Å²) in [5.74, 6) is 0. The number of nitrogens with two attached hydrogens (primary N) is 1. The molecule has 0 saturated carbocycles. The van der Waals surface area contributed by atoms with E-state index in [1.807, 2.05) is 12.1 Å². The van der Waals surface area contributed by atoms with Gasteiger partial charge < -0.3 is 11.1 Å². The van der Waals surface area contributed by atoms with E-state index in [0.29, 0.717) is 22.3 Å². The second-order valence-corrected chi connectivity index (χ2v) is 4.24. The predicted octanol–water partition coefficient (Wildman–Crippen LogP) is 2.98. The molecule has 0 aliphatic heterocycles. The van der Waals surface area contributed by atoms with Crippen molar-refractivity contribution < 1.29 is 0 Å². The molecule has 0 amide bonds. The molecule has 88 valence electrons. The Labute approximate surface area is 109 Å². The van der Waals surface area contributed by atoms with Crippen molar-refractivity contribution in [2.24, 2.45) is 0 Å². The molecule has 1 aromatic heterocycles. The van der Waals surface area contributed by atoms with Crippen LogP contribution < -0.4 is 11.1 Å². The van der Waals surface area contributed by atoms with Crippen molar-refractivity contribution >= 4 is 34.6 Å². The van der Waals surface area contributed by atoms with Crippen LogP contribution in [0, 0.1) is 0 Å². The Morgan fingerprint density at radius 2 is 2.00 bits per heavy atom. The van der Waals surface area contributed by atoms with Gasteiger partial charge in [-0.2, -0.15) is 10.2 Å². The van der Waals surface area contributed by atoms with E-state index in [9.17, 15) is 0 Å². The van der Waals surface area contributed by atoms with Gasteiger partial charge in [-0.05, 0) is 24.3 Å². The Morgan fingerprint density at radius 3 is 2.71 bits per heavy atom. The fourth-order valence-corrected chi connectivity index (χ4v) is 1.66. The number of benzene rings is 1. The normalized spacial score (nSPS) is 10.2. The van der Waals surface area contributed by atoms with Gasteiger partial charge in [-0.15, -0.1) is 0 Å². The molecule has 0 aliphatic carbocycles. The van der Waals surface area contributed by atoms with Crippen molar-refractivity contribution in [2.75, 3.05) is 11.1 Å². The Morgan fingerprint density at radius 1 is 1.24 bits per heavy atom. The lowest BCUT2D eigenvalue weighted by atomic mass is 10.2. The van der Waals surface area contributed by atoms with Crippen molar-refractivity contribution in [3.8, 4) is 0 Å². The number of hydrogen-bond donors (Lipinski definition) is 2. The predicted molar refractivity (Wildman–Crippen MR) is 70.2 cm³/mol. The zero-order valence-electron chi connectivity index (χ0n) is 8.82. The van der Waals surface area contributed by atoms with Crippen LogP contribution in [0.2, 0.25) is 10.0 Å². The molecule has 4 nitrogen and oxygen atoms in total. The smallest absolute Gasteiger partial charge is 0.0821 e. The number of anilines is 2. The third kappa shape index (κ3) is 2.99. The molecular formula is C11H10Cl2N4. The minimum absolute atomic E-state index is 0.439. The highest BCUT2D eigenvalue weighted by Gasteiger charge is 2.05. The molecule has 0 atom stereocenters. The highest BCUT2D eigenvalue weighted by Crippen LogP contribution is 2.30. The Kier molecular flexibility index (Phi) is 3.66. The summed E-state index contributed by atoms with van der Waals surface area (Å²) in [5.41, 5.74) is 7.90. The molecule has 0 fully saturated rings. The van der Waals surface area contributed by atoms with E-state index in [1.54, 1.807) is 18.3 Å². The summed E-state index contributed by atoms with van der Waals surface area (Å²) < 4.78 is 0. The monoisotopic (exact) mass is 268 g/mol. The third-order valence-corrected chi connectivity index (χ3v) is 2.90. The van der Waals surface area contributed by atoms with Crippen LogP contribution in [0.3, 0.4) is 0 Å². The van der Waals surface area contributed by atoms with Gasteiger partial charge in [0.05, 0.1) is 33.7 Å². The number of halogens is 2. The average Bonchev–Trinajstić information content (AvgIpc) is 2.33. The van der Waals surface area contributed by atoms with E-state index < -0.39 is 0 Å². The second kappa shape index (κ2) is 5.21. The first-order valence-electron chi connectivity index (χ1n) is 4.92. The maximum absolute atomic E-state index is 5.91. The average molecular weight is 269 g/mol. The molecule has 0 saturated heterocycles.